The molecule has 2 aromatic carbocycles. The number of benzene rings is 2. The van der Waals surface area contributed by atoms with E-state index < -0.39 is 10.0 Å². The van der Waals surface area contributed by atoms with Crippen LogP contribution < -0.4 is 5.32 Å². The second-order valence-electron chi connectivity index (χ2n) is 6.92. The number of thiazole rings is 1. The molecule has 0 bridgehead atoms. The van der Waals surface area contributed by atoms with Crippen LogP contribution in [0.25, 0.3) is 11.3 Å². The van der Waals surface area contributed by atoms with Gasteiger partial charge in [-0.2, -0.15) is 4.31 Å². The lowest BCUT2D eigenvalue weighted by Gasteiger charge is -2.23. The van der Waals surface area contributed by atoms with Gasteiger partial charge in [0.25, 0.3) is 0 Å². The van der Waals surface area contributed by atoms with Crippen molar-refractivity contribution in [1.29, 1.82) is 0 Å². The summed E-state index contributed by atoms with van der Waals surface area (Å²) in [5, 5.41) is 6.01. The van der Waals surface area contributed by atoms with Crippen molar-refractivity contribution in [2.24, 2.45) is 0 Å². The summed E-state index contributed by atoms with van der Waals surface area (Å²) in [7, 11) is -1.92. The molecule has 1 N–H and O–H groups in total. The molecule has 1 atom stereocenters. The van der Waals surface area contributed by atoms with E-state index in [1.54, 1.807) is 35.7 Å². The van der Waals surface area contributed by atoms with E-state index in [1.165, 1.54) is 11.3 Å². The zero-order chi connectivity index (χ0) is 20.3. The molecule has 29 heavy (non-hydrogen) atoms. The van der Waals surface area contributed by atoms with Crippen LogP contribution in [0.5, 0.6) is 0 Å². The highest BCUT2D eigenvalue weighted by Crippen LogP contribution is 2.29. The predicted octanol–water partition coefficient (Wildman–Crippen LogP) is 4.35. The molecule has 0 amide bonds. The van der Waals surface area contributed by atoms with Crippen LogP contribution in [0, 0.1) is 0 Å². The normalized spacial score (nSPS) is 17.5. The van der Waals surface area contributed by atoms with Crippen LogP contribution in [0.2, 0.25) is 0 Å². The van der Waals surface area contributed by atoms with E-state index in [2.05, 4.69) is 10.3 Å². The van der Waals surface area contributed by atoms with Gasteiger partial charge >= 0.3 is 0 Å². The monoisotopic (exact) mass is 429 g/mol. The summed E-state index contributed by atoms with van der Waals surface area (Å²) < 4.78 is 32.7. The second kappa shape index (κ2) is 8.62. The van der Waals surface area contributed by atoms with Crippen molar-refractivity contribution in [3.63, 3.8) is 0 Å². The first-order chi connectivity index (χ1) is 14.1. The van der Waals surface area contributed by atoms with Crippen LogP contribution in [0.1, 0.15) is 12.8 Å². The Labute approximate surface area is 175 Å². The van der Waals surface area contributed by atoms with Crippen molar-refractivity contribution >= 4 is 32.2 Å². The van der Waals surface area contributed by atoms with Gasteiger partial charge < -0.3 is 10.1 Å². The molecule has 0 radical (unpaired) electrons. The van der Waals surface area contributed by atoms with E-state index in [0.29, 0.717) is 18.0 Å². The zero-order valence-electron chi connectivity index (χ0n) is 16.1. The lowest BCUT2D eigenvalue weighted by Crippen LogP contribution is -2.38. The van der Waals surface area contributed by atoms with Crippen LogP contribution in [-0.2, 0) is 14.8 Å². The Bertz CT molecular complexity index is 1050. The maximum Gasteiger partial charge on any atom is 0.243 e. The van der Waals surface area contributed by atoms with Crippen molar-refractivity contribution in [2.45, 2.75) is 23.8 Å². The van der Waals surface area contributed by atoms with Crippen molar-refractivity contribution in [3.8, 4) is 11.3 Å². The summed E-state index contributed by atoms with van der Waals surface area (Å²) in [5.41, 5.74) is 2.78. The number of rotatable bonds is 7. The molecule has 0 spiro atoms. The Kier molecular flexibility index (Phi) is 5.96. The summed E-state index contributed by atoms with van der Waals surface area (Å²) in [6, 6.07) is 16.7. The average molecular weight is 430 g/mol. The van der Waals surface area contributed by atoms with Gasteiger partial charge in [-0.05, 0) is 37.1 Å². The highest BCUT2D eigenvalue weighted by atomic mass is 32.2. The highest BCUT2D eigenvalue weighted by molar-refractivity contribution is 7.89. The Morgan fingerprint density at radius 2 is 1.93 bits per heavy atom. The molecule has 1 saturated heterocycles. The third kappa shape index (κ3) is 4.35. The summed E-state index contributed by atoms with van der Waals surface area (Å²) in [6.45, 7) is 0.963. The molecular weight excluding hydrogens is 406 g/mol. The molecular formula is C21H23N3O3S2. The predicted molar refractivity (Wildman–Crippen MR) is 116 cm³/mol. The molecule has 1 unspecified atom stereocenters. The number of methoxy groups -OCH3 is 1. The Balaban J connectivity index is 1.48. The van der Waals surface area contributed by atoms with Gasteiger partial charge in [0, 0.05) is 36.3 Å². The van der Waals surface area contributed by atoms with Crippen LogP contribution in [-0.4, -0.2) is 44.0 Å². The number of nitrogens with zero attached hydrogens (tertiary/aromatic N) is 2. The quantitative estimate of drug-likeness (QED) is 0.604. The van der Waals surface area contributed by atoms with Crippen LogP contribution in [0.3, 0.4) is 0 Å². The lowest BCUT2D eigenvalue weighted by molar-refractivity contribution is 0.149. The Morgan fingerprint density at radius 3 is 2.66 bits per heavy atom. The van der Waals surface area contributed by atoms with E-state index >= 15 is 0 Å². The number of hydrogen-bond donors (Lipinski definition) is 1. The van der Waals surface area contributed by atoms with Gasteiger partial charge in [-0.3, -0.25) is 0 Å². The molecule has 8 heteroatoms. The van der Waals surface area contributed by atoms with Crippen LogP contribution >= 0.6 is 11.3 Å². The molecule has 1 aliphatic heterocycles. The third-order valence-electron chi connectivity index (χ3n) is 4.97. The van der Waals surface area contributed by atoms with Crippen molar-refractivity contribution in [1.82, 2.24) is 9.29 Å². The van der Waals surface area contributed by atoms with Crippen LogP contribution in [0.15, 0.2) is 64.9 Å². The number of anilines is 2. The SMILES string of the molecule is COCC1CCCN1S(=O)(=O)c1ccc(Nc2nc(-c3ccccc3)cs2)cc1. The van der Waals surface area contributed by atoms with Crippen molar-refractivity contribution < 1.29 is 13.2 Å². The fourth-order valence-electron chi connectivity index (χ4n) is 3.53. The van der Waals surface area contributed by atoms with Crippen molar-refractivity contribution in [2.75, 3.05) is 25.6 Å². The molecule has 1 aliphatic rings. The first-order valence-electron chi connectivity index (χ1n) is 9.47. The van der Waals surface area contributed by atoms with Gasteiger partial charge in [-0.25, -0.2) is 13.4 Å². The molecule has 0 aliphatic carbocycles. The Morgan fingerprint density at radius 1 is 1.17 bits per heavy atom. The Hall–Kier alpha value is -2.26. The van der Waals surface area contributed by atoms with E-state index in [4.69, 9.17) is 4.74 Å². The largest absolute Gasteiger partial charge is 0.383 e. The molecule has 2 heterocycles. The number of aromatic nitrogens is 1. The number of ether oxygens (including phenoxy) is 1. The number of hydrogen-bond acceptors (Lipinski definition) is 6. The van der Waals surface area contributed by atoms with E-state index in [1.807, 2.05) is 35.7 Å². The highest BCUT2D eigenvalue weighted by Gasteiger charge is 2.35. The summed E-state index contributed by atoms with van der Waals surface area (Å²) >= 11 is 1.51. The minimum absolute atomic E-state index is 0.0884. The summed E-state index contributed by atoms with van der Waals surface area (Å²) in [5.74, 6) is 0. The minimum atomic E-state index is -3.52. The standard InChI is InChI=1S/C21H23N3O3S2/c1-27-14-18-8-5-13-24(18)29(25,26)19-11-9-17(10-12-19)22-21-23-20(15-28-21)16-6-3-2-4-7-16/h2-4,6-7,9-12,15,18H,5,8,13-14H2,1H3,(H,22,23). The van der Waals surface area contributed by atoms with E-state index in [0.717, 1.165) is 34.9 Å². The van der Waals surface area contributed by atoms with Gasteiger partial charge in [0.2, 0.25) is 10.0 Å². The van der Waals surface area contributed by atoms with Gasteiger partial charge in [-0.1, -0.05) is 30.3 Å². The third-order valence-corrected chi connectivity index (χ3v) is 7.69. The molecule has 0 saturated carbocycles. The number of nitrogens with one attached hydrogen (secondary N) is 1. The molecule has 6 nitrogen and oxygen atoms in total. The van der Waals surface area contributed by atoms with Crippen molar-refractivity contribution in [3.05, 3.63) is 60.0 Å². The fraction of sp³-hybridized carbons (Fsp3) is 0.286. The van der Waals surface area contributed by atoms with Gasteiger partial charge in [0.15, 0.2) is 5.13 Å². The molecule has 1 aromatic heterocycles. The van der Waals surface area contributed by atoms with Crippen LogP contribution in [0.4, 0.5) is 10.8 Å². The summed E-state index contributed by atoms with van der Waals surface area (Å²) in [6.07, 6.45) is 1.70. The second-order valence-corrected chi connectivity index (χ2v) is 9.67. The number of sulfonamides is 1. The topological polar surface area (TPSA) is 71.5 Å². The maximum absolute atomic E-state index is 13.0. The first kappa shape index (κ1) is 20.0. The van der Waals surface area contributed by atoms with E-state index in [9.17, 15) is 8.42 Å². The van der Waals surface area contributed by atoms with Gasteiger partial charge in [0.05, 0.1) is 17.2 Å². The lowest BCUT2D eigenvalue weighted by atomic mass is 10.2. The molecule has 152 valence electrons. The zero-order valence-corrected chi connectivity index (χ0v) is 17.7. The molecule has 1 fully saturated rings. The van der Waals surface area contributed by atoms with Gasteiger partial charge in [-0.15, -0.1) is 11.3 Å². The van der Waals surface area contributed by atoms with E-state index in [-0.39, 0.29) is 6.04 Å². The maximum atomic E-state index is 13.0. The average Bonchev–Trinajstić information content (AvgIpc) is 3.39. The fourth-order valence-corrected chi connectivity index (χ4v) is 5.95. The molecule has 3 aromatic rings. The van der Waals surface area contributed by atoms with Gasteiger partial charge in [0.1, 0.15) is 0 Å². The molecule has 4 rings (SSSR count). The smallest absolute Gasteiger partial charge is 0.243 e. The summed E-state index contributed by atoms with van der Waals surface area (Å²) in [4.78, 5) is 4.91. The first-order valence-corrected chi connectivity index (χ1v) is 11.8. The minimum Gasteiger partial charge on any atom is -0.383 e.